The summed E-state index contributed by atoms with van der Waals surface area (Å²) in [5.74, 6) is -2.21. The van der Waals surface area contributed by atoms with Gasteiger partial charge in [0.05, 0.1) is 11.8 Å². The van der Waals surface area contributed by atoms with Gasteiger partial charge in [0.2, 0.25) is 15.9 Å². The number of aliphatic carboxylic acids is 1. The lowest BCUT2D eigenvalue weighted by molar-refractivity contribution is -0.147. The molecule has 0 bridgehead atoms. The van der Waals surface area contributed by atoms with Crippen LogP contribution in [0.3, 0.4) is 0 Å². The molecule has 27 heavy (non-hydrogen) atoms. The molecular formula is C17H23N3O6S. The van der Waals surface area contributed by atoms with Crippen LogP contribution in [0.2, 0.25) is 0 Å². The fraction of sp³-hybridized carbons (Fsp3) is 0.471. The van der Waals surface area contributed by atoms with E-state index < -0.39 is 45.8 Å². The highest BCUT2D eigenvalue weighted by Gasteiger charge is 2.40. The maximum atomic E-state index is 12.4. The van der Waals surface area contributed by atoms with Crippen LogP contribution >= 0.6 is 0 Å². The van der Waals surface area contributed by atoms with Crippen LogP contribution in [0.4, 0.5) is 0 Å². The standard InChI is InChI=1S/C17H23N3O6S/c1-11(2)27(25,26)18-9-15(21)20-10-13(8-14(20)17(23)24)19-16(22)12-6-4-3-5-7-12/h3-7,11,13-14,18H,8-10H2,1-2H3,(H,19,22)(H,23,24)/t13-,14+/m1/s1. The van der Waals surface area contributed by atoms with Gasteiger partial charge in [0.1, 0.15) is 6.04 Å². The summed E-state index contributed by atoms with van der Waals surface area (Å²) in [4.78, 5) is 37.2. The summed E-state index contributed by atoms with van der Waals surface area (Å²) < 4.78 is 25.7. The first-order valence-corrected chi connectivity index (χ1v) is 10.0. The number of amides is 2. The van der Waals surface area contributed by atoms with Gasteiger partial charge in [-0.3, -0.25) is 9.59 Å². The molecule has 2 amide bonds. The SMILES string of the molecule is CC(C)S(=O)(=O)NCC(=O)N1C[C@H](NC(=O)c2ccccc2)C[C@H]1C(=O)O. The summed E-state index contributed by atoms with van der Waals surface area (Å²) in [5, 5.41) is 11.4. The van der Waals surface area contributed by atoms with Crippen LogP contribution in [0.25, 0.3) is 0 Å². The van der Waals surface area contributed by atoms with E-state index in [9.17, 15) is 27.9 Å². The Morgan fingerprint density at radius 3 is 2.41 bits per heavy atom. The van der Waals surface area contributed by atoms with Gasteiger partial charge in [-0.2, -0.15) is 0 Å². The molecule has 0 unspecified atom stereocenters. The molecule has 1 aromatic rings. The van der Waals surface area contributed by atoms with E-state index in [1.54, 1.807) is 30.3 Å². The van der Waals surface area contributed by atoms with Gasteiger partial charge in [0.25, 0.3) is 5.91 Å². The van der Waals surface area contributed by atoms with Crippen molar-refractivity contribution in [2.24, 2.45) is 0 Å². The minimum atomic E-state index is -3.64. The van der Waals surface area contributed by atoms with E-state index in [1.807, 2.05) is 0 Å². The lowest BCUT2D eigenvalue weighted by Crippen LogP contribution is -2.47. The third-order valence-corrected chi connectivity index (χ3v) is 6.11. The van der Waals surface area contributed by atoms with Crippen LogP contribution in [0.5, 0.6) is 0 Å². The number of carboxylic acid groups (broad SMARTS) is 1. The second-order valence-electron chi connectivity index (χ2n) is 6.59. The first kappa shape index (κ1) is 20.8. The fourth-order valence-electron chi connectivity index (χ4n) is 2.74. The van der Waals surface area contributed by atoms with Crippen LogP contribution in [0.1, 0.15) is 30.6 Å². The number of nitrogens with one attached hydrogen (secondary N) is 2. The lowest BCUT2D eigenvalue weighted by Gasteiger charge is -2.22. The minimum absolute atomic E-state index is 0.00220. The summed E-state index contributed by atoms with van der Waals surface area (Å²) in [7, 11) is -3.64. The number of carbonyl (C=O) groups is 3. The molecule has 1 saturated heterocycles. The molecule has 148 valence electrons. The van der Waals surface area contributed by atoms with Crippen LogP contribution in [0.15, 0.2) is 30.3 Å². The number of likely N-dealkylation sites (tertiary alicyclic amines) is 1. The quantitative estimate of drug-likeness (QED) is 0.583. The van der Waals surface area contributed by atoms with Crippen molar-refractivity contribution in [1.29, 1.82) is 0 Å². The highest BCUT2D eigenvalue weighted by atomic mass is 32.2. The van der Waals surface area contributed by atoms with Crippen LogP contribution in [-0.4, -0.2) is 66.6 Å². The van der Waals surface area contributed by atoms with Crippen molar-refractivity contribution in [3.63, 3.8) is 0 Å². The normalized spacial score (nSPS) is 19.9. The molecular weight excluding hydrogens is 374 g/mol. The molecule has 0 saturated carbocycles. The van der Waals surface area contributed by atoms with Gasteiger partial charge in [-0.05, 0) is 26.0 Å². The van der Waals surface area contributed by atoms with Crippen molar-refractivity contribution in [1.82, 2.24) is 14.9 Å². The van der Waals surface area contributed by atoms with Crippen molar-refractivity contribution < 1.29 is 27.9 Å². The van der Waals surface area contributed by atoms with Crippen molar-refractivity contribution in [2.45, 2.75) is 37.6 Å². The van der Waals surface area contributed by atoms with Crippen LogP contribution < -0.4 is 10.0 Å². The summed E-state index contributed by atoms with van der Waals surface area (Å²) in [6.45, 7) is 2.41. The summed E-state index contributed by atoms with van der Waals surface area (Å²) in [6.07, 6.45) is 0.0522. The van der Waals surface area contributed by atoms with E-state index in [2.05, 4.69) is 10.0 Å². The zero-order valence-electron chi connectivity index (χ0n) is 15.1. The molecule has 1 aliphatic rings. The van der Waals surface area contributed by atoms with E-state index in [0.717, 1.165) is 4.90 Å². The Kier molecular flexibility index (Phi) is 6.55. The number of rotatable bonds is 7. The molecule has 3 N–H and O–H groups in total. The van der Waals surface area contributed by atoms with E-state index in [1.165, 1.54) is 13.8 Å². The number of benzene rings is 1. The van der Waals surface area contributed by atoms with Gasteiger partial charge in [-0.25, -0.2) is 17.9 Å². The summed E-state index contributed by atoms with van der Waals surface area (Å²) in [6, 6.07) is 6.78. The van der Waals surface area contributed by atoms with Gasteiger partial charge >= 0.3 is 5.97 Å². The third kappa shape index (κ3) is 5.27. The fourth-order valence-corrected chi connectivity index (χ4v) is 3.40. The second-order valence-corrected chi connectivity index (χ2v) is 8.91. The molecule has 9 nitrogen and oxygen atoms in total. The Morgan fingerprint density at radius 2 is 1.85 bits per heavy atom. The smallest absolute Gasteiger partial charge is 0.326 e. The molecule has 1 heterocycles. The maximum Gasteiger partial charge on any atom is 0.326 e. The van der Waals surface area contributed by atoms with Crippen LogP contribution in [0, 0.1) is 0 Å². The summed E-state index contributed by atoms with van der Waals surface area (Å²) in [5.41, 5.74) is 0.429. The predicted octanol–water partition coefficient (Wildman–Crippen LogP) is -0.202. The van der Waals surface area contributed by atoms with Gasteiger partial charge in [-0.15, -0.1) is 0 Å². The number of hydrogen-bond acceptors (Lipinski definition) is 5. The van der Waals surface area contributed by atoms with E-state index >= 15 is 0 Å². The first-order chi connectivity index (χ1) is 12.6. The van der Waals surface area contributed by atoms with Gasteiger partial charge < -0.3 is 15.3 Å². The van der Waals surface area contributed by atoms with Crippen molar-refractivity contribution >= 4 is 27.8 Å². The number of carboxylic acids is 1. The number of nitrogens with zero attached hydrogens (tertiary/aromatic N) is 1. The highest BCUT2D eigenvalue weighted by Crippen LogP contribution is 2.19. The molecule has 1 fully saturated rings. The van der Waals surface area contributed by atoms with Crippen molar-refractivity contribution in [2.75, 3.05) is 13.1 Å². The Bertz CT molecular complexity index is 809. The average Bonchev–Trinajstić information content (AvgIpc) is 3.04. The third-order valence-electron chi connectivity index (χ3n) is 4.32. The molecule has 0 spiro atoms. The Balaban J connectivity index is 2.02. The number of sulfonamides is 1. The van der Waals surface area contributed by atoms with Gasteiger partial charge in [-0.1, -0.05) is 18.2 Å². The van der Waals surface area contributed by atoms with E-state index in [0.29, 0.717) is 5.56 Å². The van der Waals surface area contributed by atoms with Gasteiger partial charge in [0.15, 0.2) is 0 Å². The van der Waals surface area contributed by atoms with E-state index in [-0.39, 0.29) is 18.9 Å². The number of carbonyl (C=O) groups excluding carboxylic acids is 2. The Hall–Kier alpha value is -2.46. The molecule has 0 aliphatic carbocycles. The molecule has 10 heteroatoms. The Labute approximate surface area is 157 Å². The maximum absolute atomic E-state index is 12.4. The minimum Gasteiger partial charge on any atom is -0.480 e. The molecule has 2 rings (SSSR count). The average molecular weight is 397 g/mol. The van der Waals surface area contributed by atoms with Crippen LogP contribution in [-0.2, 0) is 19.6 Å². The summed E-state index contributed by atoms with van der Waals surface area (Å²) >= 11 is 0. The van der Waals surface area contributed by atoms with Gasteiger partial charge in [0, 0.05) is 24.6 Å². The monoisotopic (exact) mass is 397 g/mol. The largest absolute Gasteiger partial charge is 0.480 e. The second kappa shape index (κ2) is 8.49. The zero-order valence-corrected chi connectivity index (χ0v) is 15.9. The topological polar surface area (TPSA) is 133 Å². The zero-order chi connectivity index (χ0) is 20.2. The molecule has 0 aromatic heterocycles. The molecule has 2 atom stereocenters. The van der Waals surface area contributed by atoms with Crippen molar-refractivity contribution in [3.8, 4) is 0 Å². The van der Waals surface area contributed by atoms with Crippen molar-refractivity contribution in [3.05, 3.63) is 35.9 Å². The molecule has 1 aromatic carbocycles. The molecule has 0 radical (unpaired) electrons. The van der Waals surface area contributed by atoms with E-state index in [4.69, 9.17) is 0 Å². The number of hydrogen-bond donors (Lipinski definition) is 3. The molecule has 1 aliphatic heterocycles. The Morgan fingerprint density at radius 1 is 1.22 bits per heavy atom. The highest BCUT2D eigenvalue weighted by molar-refractivity contribution is 7.90. The predicted molar refractivity (Wildman–Crippen MR) is 97.5 cm³/mol. The first-order valence-electron chi connectivity index (χ1n) is 8.48. The lowest BCUT2D eigenvalue weighted by atomic mass is 10.1.